The third-order valence-electron chi connectivity index (χ3n) is 7.78. The second-order valence-corrected chi connectivity index (χ2v) is 17.0. The van der Waals surface area contributed by atoms with E-state index in [1.54, 1.807) is 36.5 Å². The van der Waals surface area contributed by atoms with Gasteiger partial charge >= 0.3 is 7.41 Å². The van der Waals surface area contributed by atoms with Gasteiger partial charge in [-0.15, -0.1) is 0 Å². The van der Waals surface area contributed by atoms with E-state index >= 15 is 0 Å². The Labute approximate surface area is 242 Å². The highest BCUT2D eigenvalue weighted by atomic mass is 35.5. The van der Waals surface area contributed by atoms with E-state index in [2.05, 4.69) is 68.2 Å². The zero-order chi connectivity index (χ0) is 29.3. The number of carbonyl (C=O) groups is 1. The normalized spacial score (nSPS) is 16.6. The van der Waals surface area contributed by atoms with E-state index in [4.69, 9.17) is 16.0 Å². The topological polar surface area (TPSA) is 115 Å². The standard InChI is InChI=1S/C29H31BClN6O2Si/c1-28(2,3)40(5,6)39-17-29(4)16-37(30-18-38)26-21(15-33)12-20(13-22(26)29)24-9-10-34-27(35-24)36-25-11-19(14-32)7-8-23(25)31/h7-13,18H,16-17H2,1-6H3,(H,34,35,36). The molecule has 1 aromatic heterocycles. The van der Waals surface area contributed by atoms with Crippen LogP contribution in [0.15, 0.2) is 42.6 Å². The third-order valence-corrected chi connectivity index (χ3v) is 12.6. The van der Waals surface area contributed by atoms with Crippen molar-refractivity contribution in [3.05, 3.63) is 64.3 Å². The molecule has 1 aliphatic heterocycles. The van der Waals surface area contributed by atoms with Crippen molar-refractivity contribution in [2.24, 2.45) is 0 Å². The predicted octanol–water partition coefficient (Wildman–Crippen LogP) is 6.19. The minimum atomic E-state index is -2.06. The smallest absolute Gasteiger partial charge is 0.329 e. The Balaban J connectivity index is 1.76. The van der Waals surface area contributed by atoms with Crippen LogP contribution in [-0.4, -0.2) is 45.0 Å². The van der Waals surface area contributed by atoms with Crippen molar-refractivity contribution < 1.29 is 9.22 Å². The van der Waals surface area contributed by atoms with Crippen molar-refractivity contribution in [1.82, 2.24) is 9.97 Å². The van der Waals surface area contributed by atoms with Gasteiger partial charge in [-0.05, 0) is 60.1 Å². The zero-order valence-electron chi connectivity index (χ0n) is 23.5. The number of hydrogen-bond acceptors (Lipinski definition) is 8. The van der Waals surface area contributed by atoms with E-state index < -0.39 is 13.7 Å². The van der Waals surface area contributed by atoms with Crippen molar-refractivity contribution in [3.63, 3.8) is 0 Å². The van der Waals surface area contributed by atoms with Crippen LogP contribution in [-0.2, 0) is 14.6 Å². The monoisotopic (exact) mass is 569 g/mol. The van der Waals surface area contributed by atoms with Gasteiger partial charge in [0, 0.05) is 36.0 Å². The summed E-state index contributed by atoms with van der Waals surface area (Å²) in [5.41, 5.74) is 3.93. The SMILES string of the molecule is CC1(CO[Si](C)(C)C(C)(C)C)CN([B]C=O)c2c(C#N)cc(-c3ccnc(Nc4cc(C#N)ccc4Cl)n3)cc21. The Morgan fingerprint density at radius 2 is 1.98 bits per heavy atom. The van der Waals surface area contributed by atoms with E-state index in [-0.39, 0.29) is 5.04 Å². The molecule has 0 saturated heterocycles. The van der Waals surface area contributed by atoms with Crippen molar-refractivity contribution in [3.8, 4) is 23.4 Å². The van der Waals surface area contributed by atoms with Gasteiger partial charge < -0.3 is 19.3 Å². The van der Waals surface area contributed by atoms with Crippen LogP contribution in [0.4, 0.5) is 17.3 Å². The highest BCUT2D eigenvalue weighted by Gasteiger charge is 2.44. The van der Waals surface area contributed by atoms with Crippen LogP contribution in [0.25, 0.3) is 11.3 Å². The van der Waals surface area contributed by atoms with E-state index in [0.717, 1.165) is 17.3 Å². The second kappa shape index (κ2) is 11.1. The number of anilines is 3. The Bertz CT molecular complexity index is 1540. The molecule has 203 valence electrons. The van der Waals surface area contributed by atoms with Gasteiger partial charge in [0.25, 0.3) is 0 Å². The molecule has 2 heterocycles. The van der Waals surface area contributed by atoms with Crippen molar-refractivity contribution in [2.45, 2.75) is 51.2 Å². The molecule has 1 aliphatic rings. The molecule has 11 heteroatoms. The maximum Gasteiger partial charge on any atom is 0.329 e. The van der Waals surface area contributed by atoms with Crippen molar-refractivity contribution in [2.75, 3.05) is 23.3 Å². The lowest BCUT2D eigenvalue weighted by Crippen LogP contribution is -2.46. The van der Waals surface area contributed by atoms with Crippen LogP contribution in [0, 0.1) is 22.7 Å². The summed E-state index contributed by atoms with van der Waals surface area (Å²) in [7, 11) is -0.585. The van der Waals surface area contributed by atoms with Gasteiger partial charge in [0.15, 0.2) is 8.32 Å². The predicted molar refractivity (Wildman–Crippen MR) is 162 cm³/mol. The van der Waals surface area contributed by atoms with Crippen molar-refractivity contribution in [1.29, 1.82) is 10.5 Å². The maximum atomic E-state index is 11.5. The first-order valence-corrected chi connectivity index (χ1v) is 16.2. The molecule has 8 nitrogen and oxygen atoms in total. The van der Waals surface area contributed by atoms with Crippen molar-refractivity contribution >= 4 is 50.8 Å². The number of aromatic nitrogens is 2. The summed E-state index contributed by atoms with van der Waals surface area (Å²) in [5, 5.41) is 22.9. The number of nitrogens with one attached hydrogen (secondary N) is 1. The zero-order valence-corrected chi connectivity index (χ0v) is 25.3. The Morgan fingerprint density at radius 3 is 2.62 bits per heavy atom. The molecule has 0 aliphatic carbocycles. The van der Waals surface area contributed by atoms with E-state index in [9.17, 15) is 15.3 Å². The lowest BCUT2D eigenvalue weighted by atomic mass is 9.83. The summed E-state index contributed by atoms with van der Waals surface area (Å²) in [6.07, 6.45) is 2.37. The molecule has 0 fully saturated rings. The van der Waals surface area contributed by atoms with Gasteiger partial charge in [-0.3, -0.25) is 0 Å². The molecule has 0 amide bonds. The van der Waals surface area contributed by atoms with Gasteiger partial charge in [-0.25, -0.2) is 9.97 Å². The highest BCUT2D eigenvalue weighted by Crippen LogP contribution is 2.46. The number of hydrogen-bond donors (Lipinski definition) is 1. The van der Waals surface area contributed by atoms with Gasteiger partial charge in [0.2, 0.25) is 5.95 Å². The molecule has 0 spiro atoms. The molecule has 4 rings (SSSR count). The van der Waals surface area contributed by atoms with E-state index in [0.29, 0.717) is 52.3 Å². The Hall–Kier alpha value is -3.70. The lowest BCUT2D eigenvalue weighted by Gasteiger charge is -2.39. The summed E-state index contributed by atoms with van der Waals surface area (Å²) in [4.78, 5) is 22.4. The molecule has 1 unspecified atom stereocenters. The minimum Gasteiger partial charge on any atom is -0.416 e. The number of halogens is 1. The molecule has 1 radical (unpaired) electrons. The lowest BCUT2D eigenvalue weighted by molar-refractivity contribution is 0.219. The molecule has 40 heavy (non-hydrogen) atoms. The van der Waals surface area contributed by atoms with E-state index in [1.807, 2.05) is 10.9 Å². The summed E-state index contributed by atoms with van der Waals surface area (Å²) in [6.45, 7) is 14.1. The fourth-order valence-corrected chi connectivity index (χ4v) is 5.73. The minimum absolute atomic E-state index is 0.0408. The van der Waals surface area contributed by atoms with Crippen LogP contribution in [0.3, 0.4) is 0 Å². The van der Waals surface area contributed by atoms with Gasteiger partial charge in [0.1, 0.15) is 12.3 Å². The third kappa shape index (κ3) is 5.76. The second-order valence-electron chi connectivity index (χ2n) is 11.8. The average Bonchev–Trinajstić information content (AvgIpc) is 3.20. The quantitative estimate of drug-likeness (QED) is 0.252. The van der Waals surface area contributed by atoms with Crippen LogP contribution < -0.4 is 10.1 Å². The fraction of sp³-hybridized carbons (Fsp3) is 0.345. The van der Waals surface area contributed by atoms with Crippen LogP contribution in [0.1, 0.15) is 44.4 Å². The molecule has 2 aromatic carbocycles. The first kappa shape index (κ1) is 29.3. The largest absolute Gasteiger partial charge is 0.416 e. The Kier molecular flexibility index (Phi) is 8.09. The molecular formula is C29H31BClN6O2Si. The summed E-state index contributed by atoms with van der Waals surface area (Å²) >= 11 is 6.32. The first-order valence-electron chi connectivity index (χ1n) is 12.9. The number of nitrogens with zero attached hydrogens (tertiary/aromatic N) is 5. The summed E-state index contributed by atoms with van der Waals surface area (Å²) < 4.78 is 6.65. The Morgan fingerprint density at radius 1 is 1.23 bits per heavy atom. The average molecular weight is 570 g/mol. The van der Waals surface area contributed by atoms with Crippen LogP contribution in [0.2, 0.25) is 23.2 Å². The summed E-state index contributed by atoms with van der Waals surface area (Å²) in [5.74, 6) is 0.299. The number of carbonyl (C=O) groups excluding carboxylic acids is 1. The molecule has 0 saturated carbocycles. The molecule has 0 bridgehead atoms. The van der Waals surface area contributed by atoms with Crippen LogP contribution in [0.5, 0.6) is 0 Å². The molecule has 3 aromatic rings. The number of nitriles is 2. The number of rotatable bonds is 8. The van der Waals surface area contributed by atoms with E-state index in [1.165, 1.54) is 7.41 Å². The molecule has 1 atom stereocenters. The summed E-state index contributed by atoms with van der Waals surface area (Å²) in [6, 6.07) is 14.9. The van der Waals surface area contributed by atoms with Gasteiger partial charge in [-0.2, -0.15) is 10.5 Å². The number of fused-ring (bicyclic) bond motifs is 1. The van der Waals surface area contributed by atoms with Gasteiger partial charge in [-0.1, -0.05) is 39.3 Å². The van der Waals surface area contributed by atoms with Gasteiger partial charge in [0.05, 0.1) is 33.6 Å². The fourth-order valence-electron chi connectivity index (χ4n) is 4.45. The first-order chi connectivity index (χ1) is 18.8. The number of benzene rings is 2. The maximum absolute atomic E-state index is 11.5. The molecule has 1 N–H and O–H groups in total. The van der Waals surface area contributed by atoms with Crippen LogP contribution >= 0.6 is 11.6 Å². The molecular weight excluding hydrogens is 539 g/mol. The highest BCUT2D eigenvalue weighted by molar-refractivity contribution is 6.74.